The van der Waals surface area contributed by atoms with Crippen LogP contribution in [0.3, 0.4) is 0 Å². The molecule has 0 radical (unpaired) electrons. The van der Waals surface area contributed by atoms with E-state index in [1.54, 1.807) is 84.9 Å². The third-order valence-corrected chi connectivity index (χ3v) is 15.0. The van der Waals surface area contributed by atoms with Crippen LogP contribution >= 0.6 is 11.6 Å². The van der Waals surface area contributed by atoms with Crippen LogP contribution < -0.4 is 39.4 Å². The number of hydrogen-bond donors (Lipinski definition) is 1. The summed E-state index contributed by atoms with van der Waals surface area (Å²) in [4.78, 5) is 67.5. The van der Waals surface area contributed by atoms with E-state index in [0.717, 1.165) is 93.2 Å². The van der Waals surface area contributed by atoms with Gasteiger partial charge in [0.05, 0.1) is 63.5 Å². The minimum Gasteiger partial charge on any atom is -0.870 e. The second kappa shape index (κ2) is 33.5. The quantitative estimate of drug-likeness (QED) is 0.0727. The molecule has 2 saturated heterocycles. The first-order chi connectivity index (χ1) is 40.8. The number of aromatic nitrogens is 6. The number of carbonyl (C=O) groups is 3. The smallest absolute Gasteiger partial charge is 0.870 e. The Morgan fingerprint density at radius 3 is 1.22 bits per heavy atom. The van der Waals surface area contributed by atoms with Gasteiger partial charge < -0.3 is 29.9 Å². The van der Waals surface area contributed by atoms with Gasteiger partial charge in [0.15, 0.2) is 16.8 Å². The molecule has 9 aromatic rings. The zero-order valence-electron chi connectivity index (χ0n) is 48.6. The molecule has 0 unspecified atom stereocenters. The summed E-state index contributed by atoms with van der Waals surface area (Å²) in [6.07, 6.45) is 17.6. The maximum absolute atomic E-state index is 13.5. The van der Waals surface area contributed by atoms with Crippen LogP contribution in [0.4, 0.5) is 24.8 Å². The van der Waals surface area contributed by atoms with Gasteiger partial charge in [-0.1, -0.05) is 70.9 Å². The summed E-state index contributed by atoms with van der Waals surface area (Å²) in [5, 5.41) is 9.41. The Kier molecular flexibility index (Phi) is 26.4. The Labute approximate surface area is 532 Å². The fourth-order valence-electron chi connectivity index (χ4n) is 10.1. The number of carboxylic acids is 1. The number of piperidine rings is 2. The van der Waals surface area contributed by atoms with Crippen molar-refractivity contribution < 1.29 is 77.2 Å². The number of methoxy groups -OCH3 is 1. The van der Waals surface area contributed by atoms with Gasteiger partial charge in [0.1, 0.15) is 34.5 Å². The number of ether oxygens (including phenoxy) is 2. The van der Waals surface area contributed by atoms with Gasteiger partial charge in [0.25, 0.3) is 0 Å². The number of anilines is 2. The number of rotatable bonds is 11. The van der Waals surface area contributed by atoms with Crippen molar-refractivity contribution in [3.63, 3.8) is 0 Å². The fourth-order valence-corrected chi connectivity index (χ4v) is 10.4. The predicted octanol–water partition coefficient (Wildman–Crippen LogP) is 13.2. The van der Waals surface area contributed by atoms with Gasteiger partial charge in [0, 0.05) is 42.9 Å². The minimum absolute atomic E-state index is 0. The van der Waals surface area contributed by atoms with E-state index in [1.165, 1.54) is 101 Å². The largest absolute Gasteiger partial charge is 1.00 e. The Hall–Kier alpha value is -7.61. The Morgan fingerprint density at radius 2 is 0.828 bits per heavy atom. The minimum atomic E-state index is -0.990. The molecule has 2 N–H and O–H groups in total. The first-order valence-electron chi connectivity index (χ1n) is 28.7. The van der Waals surface area contributed by atoms with E-state index in [4.69, 9.17) is 36.3 Å². The van der Waals surface area contributed by atoms with Gasteiger partial charge >= 0.3 is 47.5 Å². The van der Waals surface area contributed by atoms with Gasteiger partial charge in [-0.25, -0.2) is 57.5 Å². The summed E-state index contributed by atoms with van der Waals surface area (Å²) in [5.41, 5.74) is 8.81. The molecule has 1 saturated carbocycles. The van der Waals surface area contributed by atoms with E-state index in [1.807, 2.05) is 0 Å². The normalized spacial score (nSPS) is 13.6. The van der Waals surface area contributed by atoms with Crippen molar-refractivity contribution in [1.29, 1.82) is 0 Å². The van der Waals surface area contributed by atoms with Crippen molar-refractivity contribution in [3.05, 3.63) is 167 Å². The van der Waals surface area contributed by atoms with Crippen LogP contribution in [0.2, 0.25) is 5.15 Å². The third-order valence-electron chi connectivity index (χ3n) is 14.7. The second-order valence-electron chi connectivity index (χ2n) is 20.8. The summed E-state index contributed by atoms with van der Waals surface area (Å²) in [6, 6.07) is 33.2. The third kappa shape index (κ3) is 18.2. The fraction of sp³-hybridized carbons (Fsp3) is 0.328. The van der Waals surface area contributed by atoms with Gasteiger partial charge in [-0.2, -0.15) is 0 Å². The standard InChI is InChI=1S/C24H26FN3O2.C20H18FN3O2.C16H10ClFN2O2.C6H12.CH4.Na.H2O/c1-2-3-15-30-24(29)18-9-12-20-21(16-18)27-23(28-13-5-4-6-14-28)22(26-20)17-7-10-19(25)11-8-17;21-15-7-4-13(5-8-15)18-19(24-10-2-1-3-11-24)23-17-12-14(20(25)26)6-9-16(17)22-18;1-22-16(21)10-4-7-12-13(8-10)20-15(17)14(19-12)9-2-5-11(18)6-3-9;1-2-4-6-5-3-1;;;/h7-12,16H,2-6,13-15H2,1H3;4-9,12H,1-3,10-11H2,(H,25,26);2-8H,1H3;1-6H2;1H4;;1H2/q;;;;;+1;/p-1. The summed E-state index contributed by atoms with van der Waals surface area (Å²) < 4.78 is 49.8. The molecule has 450 valence electrons. The molecule has 2 aliphatic heterocycles. The van der Waals surface area contributed by atoms with Gasteiger partial charge in [-0.3, -0.25) is 0 Å². The molecular weight excluding hydrogens is 1140 g/mol. The van der Waals surface area contributed by atoms with Crippen molar-refractivity contribution in [2.24, 2.45) is 0 Å². The van der Waals surface area contributed by atoms with E-state index in [-0.39, 0.29) is 76.6 Å². The molecule has 0 atom stereocenters. The number of benzene rings is 6. The maximum Gasteiger partial charge on any atom is 1.00 e. The van der Waals surface area contributed by atoms with Crippen LogP contribution in [0.5, 0.6) is 0 Å². The van der Waals surface area contributed by atoms with Crippen molar-refractivity contribution in [2.75, 3.05) is 49.7 Å². The topological polar surface area (TPSA) is 204 Å². The number of halogens is 4. The van der Waals surface area contributed by atoms with Crippen LogP contribution in [0.25, 0.3) is 66.9 Å². The monoisotopic (exact) mass is 1210 g/mol. The predicted molar refractivity (Wildman–Crippen MR) is 332 cm³/mol. The second-order valence-corrected chi connectivity index (χ2v) is 21.1. The molecule has 3 aliphatic rings. The summed E-state index contributed by atoms with van der Waals surface area (Å²) in [6.45, 7) is 6.06. The Morgan fingerprint density at radius 1 is 0.483 bits per heavy atom. The number of carboxylic acid groups (broad SMARTS) is 1. The molecule has 1 aliphatic carbocycles. The molecule has 5 heterocycles. The van der Waals surface area contributed by atoms with E-state index >= 15 is 0 Å². The van der Waals surface area contributed by atoms with Crippen LogP contribution in [-0.4, -0.2) is 98.3 Å². The summed E-state index contributed by atoms with van der Waals surface area (Å²) in [5.74, 6) is -1.19. The molecular formula is C67H71ClF3N8NaO7. The van der Waals surface area contributed by atoms with Crippen LogP contribution in [0, 0.1) is 17.5 Å². The summed E-state index contributed by atoms with van der Waals surface area (Å²) >= 11 is 6.16. The molecule has 20 heteroatoms. The van der Waals surface area contributed by atoms with Crippen LogP contribution in [0.15, 0.2) is 127 Å². The number of hydrogen-bond acceptors (Lipinski definition) is 14. The van der Waals surface area contributed by atoms with Crippen molar-refractivity contribution in [1.82, 2.24) is 29.9 Å². The zero-order valence-corrected chi connectivity index (χ0v) is 51.3. The van der Waals surface area contributed by atoms with Crippen molar-refractivity contribution >= 4 is 74.2 Å². The number of carbonyl (C=O) groups excluding carboxylic acids is 2. The van der Waals surface area contributed by atoms with Gasteiger partial charge in [-0.15, -0.1) is 0 Å². The number of aromatic carboxylic acids is 1. The number of unbranched alkanes of at least 4 members (excludes halogenated alkanes) is 1. The van der Waals surface area contributed by atoms with E-state index < -0.39 is 11.9 Å². The SMILES string of the molecule is C.C1CCCCC1.CCCCOC(=O)c1ccc2nc(-c3ccc(F)cc3)c(N3CCCCC3)nc2c1.COC(=O)c1ccc2nc(-c3ccc(F)cc3)c(Cl)nc2c1.O=C(O)c1ccc2nc(-c3ccc(F)cc3)c(N3CCCCC3)nc2c1.[Na+].[OH-]. The molecule has 0 spiro atoms. The van der Waals surface area contributed by atoms with E-state index in [0.29, 0.717) is 67.8 Å². The van der Waals surface area contributed by atoms with Crippen molar-refractivity contribution in [3.8, 4) is 33.8 Å². The average Bonchev–Trinajstić information content (AvgIpc) is 1.58. The van der Waals surface area contributed by atoms with Crippen LogP contribution in [-0.2, 0) is 9.47 Å². The molecule has 15 nitrogen and oxygen atoms in total. The molecule has 87 heavy (non-hydrogen) atoms. The van der Waals surface area contributed by atoms with Gasteiger partial charge in [0.2, 0.25) is 0 Å². The maximum atomic E-state index is 13.5. The molecule has 12 rings (SSSR count). The van der Waals surface area contributed by atoms with E-state index in [9.17, 15) is 32.7 Å². The first kappa shape index (κ1) is 68.5. The first-order valence-corrected chi connectivity index (χ1v) is 29.1. The van der Waals surface area contributed by atoms with E-state index in [2.05, 4.69) is 31.4 Å². The molecule has 6 aromatic carbocycles. The Bertz CT molecular complexity index is 3730. The van der Waals surface area contributed by atoms with Crippen LogP contribution in [0.1, 0.15) is 135 Å². The molecule has 3 fully saturated rings. The average molecular weight is 1220 g/mol. The van der Waals surface area contributed by atoms with Gasteiger partial charge in [-0.05, 0) is 172 Å². The molecule has 0 bridgehead atoms. The summed E-state index contributed by atoms with van der Waals surface area (Å²) in [7, 11) is 1.31. The number of fused-ring (bicyclic) bond motifs is 3. The zero-order chi connectivity index (χ0) is 59.0. The number of esters is 2. The molecule has 3 aromatic heterocycles. The van der Waals surface area contributed by atoms with Crippen molar-refractivity contribution in [2.45, 2.75) is 104 Å². The number of nitrogens with zero attached hydrogens (tertiary/aromatic N) is 8. The molecule has 0 amide bonds. The Balaban J connectivity index is 0.000000197.